The first-order valence-corrected chi connectivity index (χ1v) is 10.00. The van der Waals surface area contributed by atoms with Crippen molar-refractivity contribution < 1.29 is 9.59 Å². The largest absolute Gasteiger partial charge is 0.345 e. The molecule has 0 saturated carbocycles. The molecule has 3 heterocycles. The minimum Gasteiger partial charge on any atom is -0.345 e. The third kappa shape index (κ3) is 4.39. The molecule has 0 aliphatic heterocycles. The van der Waals surface area contributed by atoms with Gasteiger partial charge in [0.05, 0.1) is 18.3 Å². The summed E-state index contributed by atoms with van der Waals surface area (Å²) in [5.74, 6) is -1.26. The van der Waals surface area contributed by atoms with Crippen molar-refractivity contribution in [1.82, 2.24) is 20.4 Å². The van der Waals surface area contributed by atoms with Crippen molar-refractivity contribution in [2.24, 2.45) is 0 Å². The smallest absolute Gasteiger partial charge is 0.309 e. The lowest BCUT2D eigenvalue weighted by atomic mass is 10.1. The van der Waals surface area contributed by atoms with Gasteiger partial charge in [-0.3, -0.25) is 14.3 Å². The van der Waals surface area contributed by atoms with Crippen LogP contribution >= 0.6 is 22.7 Å². The average molecular weight is 389 g/mol. The predicted molar refractivity (Wildman–Crippen MR) is 103 cm³/mol. The summed E-state index contributed by atoms with van der Waals surface area (Å²) < 4.78 is 1.89. The molecule has 0 spiro atoms. The van der Waals surface area contributed by atoms with Crippen molar-refractivity contribution in [3.63, 3.8) is 0 Å². The molecule has 2 amide bonds. The Kier molecular flexibility index (Phi) is 5.85. The molecule has 0 fully saturated rings. The fraction of sp³-hybridized carbons (Fsp3) is 0.278. The van der Waals surface area contributed by atoms with Gasteiger partial charge < -0.3 is 10.6 Å². The maximum Gasteiger partial charge on any atom is 0.309 e. The minimum absolute atomic E-state index is 0.149. The quantitative estimate of drug-likeness (QED) is 0.638. The number of nitrogens with one attached hydrogen (secondary N) is 2. The molecule has 0 bridgehead atoms. The lowest BCUT2D eigenvalue weighted by Crippen LogP contribution is -2.42. The average Bonchev–Trinajstić information content (AvgIpc) is 3.36. The number of rotatable bonds is 6. The summed E-state index contributed by atoms with van der Waals surface area (Å²) in [6.45, 7) is 4.57. The molecule has 0 aliphatic carbocycles. The van der Waals surface area contributed by atoms with Crippen LogP contribution in [0, 0.1) is 13.8 Å². The molecule has 2 N–H and O–H groups in total. The maximum absolute atomic E-state index is 12.2. The fourth-order valence-electron chi connectivity index (χ4n) is 2.70. The summed E-state index contributed by atoms with van der Waals surface area (Å²) in [6.07, 6.45) is 0. The van der Waals surface area contributed by atoms with Gasteiger partial charge in [0.15, 0.2) is 0 Å². The Labute approximate surface area is 159 Å². The number of hydrogen-bond donors (Lipinski definition) is 2. The van der Waals surface area contributed by atoms with Crippen LogP contribution in [0.5, 0.6) is 0 Å². The standard InChI is InChI=1S/C18H20N4O2S2/c1-12-8-13(2)22(21-12)16(14-5-7-25-11-14)10-20-18(24)17(23)19-9-15-4-3-6-26-15/h3-8,11,16H,9-10H2,1-2H3,(H,19,23)(H,20,24)/t16-/m0/s1. The summed E-state index contributed by atoms with van der Waals surface area (Å²) in [7, 11) is 0. The molecule has 3 rings (SSSR count). The summed E-state index contributed by atoms with van der Waals surface area (Å²) >= 11 is 3.13. The van der Waals surface area contributed by atoms with E-state index in [2.05, 4.69) is 15.7 Å². The number of carbonyl (C=O) groups is 2. The zero-order chi connectivity index (χ0) is 18.5. The second kappa shape index (κ2) is 8.29. The highest BCUT2D eigenvalue weighted by molar-refractivity contribution is 7.09. The van der Waals surface area contributed by atoms with E-state index in [0.29, 0.717) is 13.1 Å². The number of carbonyl (C=O) groups excluding carboxylic acids is 2. The molecule has 3 aromatic rings. The van der Waals surface area contributed by atoms with E-state index in [-0.39, 0.29) is 6.04 Å². The van der Waals surface area contributed by atoms with Crippen LogP contribution in [0.15, 0.2) is 40.4 Å². The Morgan fingerprint density at radius 2 is 2.00 bits per heavy atom. The molecule has 0 radical (unpaired) electrons. The minimum atomic E-state index is -0.636. The van der Waals surface area contributed by atoms with Crippen LogP contribution in [0.2, 0.25) is 0 Å². The van der Waals surface area contributed by atoms with Gasteiger partial charge in [-0.15, -0.1) is 11.3 Å². The van der Waals surface area contributed by atoms with Gasteiger partial charge in [-0.1, -0.05) is 6.07 Å². The zero-order valence-corrected chi connectivity index (χ0v) is 16.2. The summed E-state index contributed by atoms with van der Waals surface area (Å²) in [4.78, 5) is 25.2. The van der Waals surface area contributed by atoms with Crippen molar-refractivity contribution in [2.45, 2.75) is 26.4 Å². The van der Waals surface area contributed by atoms with E-state index in [4.69, 9.17) is 0 Å². The molecule has 8 heteroatoms. The first-order chi connectivity index (χ1) is 12.5. The van der Waals surface area contributed by atoms with Crippen LogP contribution in [0.3, 0.4) is 0 Å². The molecule has 0 saturated heterocycles. The van der Waals surface area contributed by atoms with Gasteiger partial charge in [0.2, 0.25) is 0 Å². The van der Waals surface area contributed by atoms with Crippen LogP contribution in [-0.4, -0.2) is 28.1 Å². The van der Waals surface area contributed by atoms with Crippen LogP contribution in [0.25, 0.3) is 0 Å². The predicted octanol–water partition coefficient (Wildman–Crippen LogP) is 2.64. The molecular formula is C18H20N4O2S2. The Balaban J connectivity index is 1.63. The highest BCUT2D eigenvalue weighted by atomic mass is 32.1. The highest BCUT2D eigenvalue weighted by Crippen LogP contribution is 2.22. The van der Waals surface area contributed by atoms with Gasteiger partial charge in [0.25, 0.3) is 0 Å². The number of amides is 2. The van der Waals surface area contributed by atoms with Crippen molar-refractivity contribution in [2.75, 3.05) is 6.54 Å². The van der Waals surface area contributed by atoms with Crippen molar-refractivity contribution >= 4 is 34.5 Å². The molecule has 136 valence electrons. The fourth-order valence-corrected chi connectivity index (χ4v) is 4.05. The SMILES string of the molecule is Cc1cc(C)n([C@@H](CNC(=O)C(=O)NCc2cccs2)c2ccsc2)n1. The van der Waals surface area contributed by atoms with Crippen molar-refractivity contribution in [3.05, 3.63) is 62.2 Å². The molecular weight excluding hydrogens is 368 g/mol. The molecule has 6 nitrogen and oxygen atoms in total. The lowest BCUT2D eigenvalue weighted by molar-refractivity contribution is -0.139. The topological polar surface area (TPSA) is 76.0 Å². The van der Waals surface area contributed by atoms with Gasteiger partial charge >= 0.3 is 11.8 Å². The van der Waals surface area contributed by atoms with Crippen molar-refractivity contribution in [3.8, 4) is 0 Å². The Morgan fingerprint density at radius 1 is 1.19 bits per heavy atom. The molecule has 0 unspecified atom stereocenters. The van der Waals surface area contributed by atoms with E-state index in [1.807, 2.05) is 58.9 Å². The molecule has 26 heavy (non-hydrogen) atoms. The van der Waals surface area contributed by atoms with E-state index in [1.54, 1.807) is 11.3 Å². The second-order valence-corrected chi connectivity index (χ2v) is 7.73. The summed E-state index contributed by atoms with van der Waals surface area (Å²) in [5.41, 5.74) is 2.98. The number of aromatic nitrogens is 2. The number of hydrogen-bond acceptors (Lipinski definition) is 5. The van der Waals surface area contributed by atoms with Crippen LogP contribution in [0.1, 0.15) is 27.9 Å². The number of nitrogens with zero attached hydrogens (tertiary/aromatic N) is 2. The van der Waals surface area contributed by atoms with Gasteiger partial charge in [0, 0.05) is 17.1 Å². The van der Waals surface area contributed by atoms with Gasteiger partial charge in [-0.2, -0.15) is 16.4 Å². The van der Waals surface area contributed by atoms with Gasteiger partial charge in [-0.25, -0.2) is 0 Å². The summed E-state index contributed by atoms with van der Waals surface area (Å²) in [5, 5.41) is 15.9. The zero-order valence-electron chi connectivity index (χ0n) is 14.6. The highest BCUT2D eigenvalue weighted by Gasteiger charge is 2.21. The van der Waals surface area contributed by atoms with Gasteiger partial charge in [0.1, 0.15) is 0 Å². The van der Waals surface area contributed by atoms with Crippen LogP contribution < -0.4 is 10.6 Å². The molecule has 3 aromatic heterocycles. The molecule has 0 aromatic carbocycles. The molecule has 1 atom stereocenters. The third-order valence-electron chi connectivity index (χ3n) is 3.93. The normalized spacial score (nSPS) is 11.9. The van der Waals surface area contributed by atoms with Crippen LogP contribution in [0.4, 0.5) is 0 Å². The Bertz CT molecular complexity index is 869. The monoisotopic (exact) mass is 388 g/mol. The van der Waals surface area contributed by atoms with E-state index in [9.17, 15) is 9.59 Å². The lowest BCUT2D eigenvalue weighted by Gasteiger charge is -2.19. The second-order valence-electron chi connectivity index (χ2n) is 5.92. The van der Waals surface area contributed by atoms with E-state index >= 15 is 0 Å². The van der Waals surface area contributed by atoms with E-state index < -0.39 is 11.8 Å². The summed E-state index contributed by atoms with van der Waals surface area (Å²) in [6, 6.07) is 7.68. The van der Waals surface area contributed by atoms with Crippen LogP contribution in [-0.2, 0) is 16.1 Å². The number of aryl methyl sites for hydroxylation is 2. The van der Waals surface area contributed by atoms with E-state index in [1.165, 1.54) is 11.3 Å². The number of thiophene rings is 2. The first kappa shape index (κ1) is 18.3. The Morgan fingerprint density at radius 3 is 2.62 bits per heavy atom. The van der Waals surface area contributed by atoms with Gasteiger partial charge in [-0.05, 0) is 53.8 Å². The van der Waals surface area contributed by atoms with Crippen molar-refractivity contribution in [1.29, 1.82) is 0 Å². The molecule has 0 aliphatic rings. The third-order valence-corrected chi connectivity index (χ3v) is 5.51. The first-order valence-electron chi connectivity index (χ1n) is 8.18. The Hall–Kier alpha value is -2.45. The maximum atomic E-state index is 12.2. The van der Waals surface area contributed by atoms with E-state index in [0.717, 1.165) is 21.8 Å².